The Morgan fingerprint density at radius 1 is 0.862 bits per heavy atom. The van der Waals surface area contributed by atoms with E-state index in [4.69, 9.17) is 4.74 Å². The fraction of sp³-hybridized carbons (Fsp3) is 0.125. The Bertz CT molecular complexity index is 984. The zero-order valence-electron chi connectivity index (χ0n) is 16.9. The largest absolute Gasteiger partial charge is 0.497 e. The predicted molar refractivity (Wildman–Crippen MR) is 123 cm³/mol. The van der Waals surface area contributed by atoms with E-state index in [1.54, 1.807) is 13.3 Å². The SMILES string of the molecule is COc1ccc(N=C/C(=C/N(C)C)P(=O)(c2ccccc2)c2ccccc2)cc1. The van der Waals surface area contributed by atoms with E-state index in [0.717, 1.165) is 22.0 Å². The fourth-order valence-electron chi connectivity index (χ4n) is 2.99. The molecule has 0 N–H and O–H groups in total. The van der Waals surface area contributed by atoms with Crippen molar-refractivity contribution in [3.63, 3.8) is 0 Å². The maximum absolute atomic E-state index is 14.6. The molecule has 0 aliphatic carbocycles. The number of benzene rings is 3. The Kier molecular flexibility index (Phi) is 6.69. The van der Waals surface area contributed by atoms with Crippen LogP contribution in [0.4, 0.5) is 5.69 Å². The standard InChI is InChI=1S/C24H25N2O2P/c1-26(2)19-24(18-25-20-14-16-21(28-3)17-15-20)29(27,22-10-6-4-7-11-22)23-12-8-5-9-13-23/h4-19H,1-3H3/b24-19-,25-18?. The van der Waals surface area contributed by atoms with Crippen molar-refractivity contribution < 1.29 is 9.30 Å². The lowest BCUT2D eigenvalue weighted by Gasteiger charge is -2.22. The molecule has 3 aromatic carbocycles. The van der Waals surface area contributed by atoms with Gasteiger partial charge >= 0.3 is 0 Å². The topological polar surface area (TPSA) is 41.9 Å². The van der Waals surface area contributed by atoms with E-state index >= 15 is 0 Å². The molecule has 0 aliphatic rings. The van der Waals surface area contributed by atoms with Crippen LogP contribution in [0, 0.1) is 0 Å². The molecule has 0 saturated heterocycles. The van der Waals surface area contributed by atoms with E-state index in [1.807, 2.05) is 110 Å². The molecule has 0 aromatic heterocycles. The quantitative estimate of drug-likeness (QED) is 0.419. The third-order valence-corrected chi connectivity index (χ3v) is 7.42. The van der Waals surface area contributed by atoms with Crippen LogP contribution in [0.5, 0.6) is 5.75 Å². The number of ether oxygens (including phenoxy) is 1. The van der Waals surface area contributed by atoms with Gasteiger partial charge in [0.2, 0.25) is 0 Å². The summed E-state index contributed by atoms with van der Waals surface area (Å²) in [6.45, 7) is 0. The summed E-state index contributed by atoms with van der Waals surface area (Å²) in [6.07, 6.45) is 3.59. The smallest absolute Gasteiger partial charge is 0.173 e. The monoisotopic (exact) mass is 404 g/mol. The molecule has 0 unspecified atom stereocenters. The minimum absolute atomic E-state index is 0.663. The highest BCUT2D eigenvalue weighted by Crippen LogP contribution is 2.51. The molecule has 5 heteroatoms. The van der Waals surface area contributed by atoms with E-state index in [1.165, 1.54) is 0 Å². The summed E-state index contributed by atoms with van der Waals surface area (Å²) >= 11 is 0. The minimum atomic E-state index is -3.09. The third-order valence-electron chi connectivity index (χ3n) is 4.41. The molecule has 0 fully saturated rings. The Morgan fingerprint density at radius 2 is 1.38 bits per heavy atom. The van der Waals surface area contributed by atoms with Crippen molar-refractivity contribution in [1.82, 2.24) is 4.90 Å². The molecule has 0 saturated carbocycles. The van der Waals surface area contributed by atoms with Crippen molar-refractivity contribution in [2.75, 3.05) is 21.2 Å². The summed E-state index contributed by atoms with van der Waals surface area (Å²) in [4.78, 5) is 6.50. The number of hydrogen-bond acceptors (Lipinski definition) is 4. The number of aliphatic imine (C=N–C) groups is 1. The van der Waals surface area contributed by atoms with Crippen LogP contribution < -0.4 is 15.3 Å². The van der Waals surface area contributed by atoms with Gasteiger partial charge in [0.1, 0.15) is 5.75 Å². The van der Waals surface area contributed by atoms with Gasteiger partial charge in [-0.25, -0.2) is 0 Å². The van der Waals surface area contributed by atoms with Crippen molar-refractivity contribution in [2.24, 2.45) is 4.99 Å². The van der Waals surface area contributed by atoms with Crippen molar-refractivity contribution in [1.29, 1.82) is 0 Å². The first kappa shape index (κ1) is 20.6. The lowest BCUT2D eigenvalue weighted by molar-refractivity contribution is 0.415. The van der Waals surface area contributed by atoms with Gasteiger partial charge < -0.3 is 14.2 Å². The lowest BCUT2D eigenvalue weighted by Crippen LogP contribution is -2.19. The van der Waals surface area contributed by atoms with Gasteiger partial charge in [-0.3, -0.25) is 4.99 Å². The fourth-order valence-corrected chi connectivity index (χ4v) is 5.68. The van der Waals surface area contributed by atoms with Crippen LogP contribution in [-0.2, 0) is 4.57 Å². The molecule has 0 heterocycles. The van der Waals surface area contributed by atoms with Gasteiger partial charge in [0.15, 0.2) is 7.14 Å². The molecule has 0 amide bonds. The molecule has 0 aliphatic heterocycles. The number of allylic oxidation sites excluding steroid dienone is 1. The van der Waals surface area contributed by atoms with Gasteiger partial charge in [0.25, 0.3) is 0 Å². The van der Waals surface area contributed by atoms with E-state index in [0.29, 0.717) is 5.31 Å². The van der Waals surface area contributed by atoms with Crippen molar-refractivity contribution in [2.45, 2.75) is 0 Å². The number of nitrogens with zero attached hydrogens (tertiary/aromatic N) is 2. The molecule has 4 nitrogen and oxygen atoms in total. The average molecular weight is 404 g/mol. The van der Waals surface area contributed by atoms with Crippen molar-refractivity contribution in [3.8, 4) is 5.75 Å². The Morgan fingerprint density at radius 3 is 1.83 bits per heavy atom. The molecule has 0 atom stereocenters. The zero-order valence-corrected chi connectivity index (χ0v) is 17.8. The van der Waals surface area contributed by atoms with Crippen LogP contribution in [0.3, 0.4) is 0 Å². The van der Waals surface area contributed by atoms with Crippen LogP contribution >= 0.6 is 7.14 Å². The molecule has 3 aromatic rings. The first-order chi connectivity index (χ1) is 14.0. The highest BCUT2D eigenvalue weighted by molar-refractivity contribution is 7.83. The van der Waals surface area contributed by atoms with Gasteiger partial charge in [0, 0.05) is 37.1 Å². The summed E-state index contributed by atoms with van der Waals surface area (Å²) in [7, 11) is 2.37. The highest BCUT2D eigenvalue weighted by Gasteiger charge is 2.31. The molecule has 148 valence electrons. The summed E-state index contributed by atoms with van der Waals surface area (Å²) < 4.78 is 19.8. The Hall–Kier alpha value is -3.10. The van der Waals surface area contributed by atoms with Crippen LogP contribution in [-0.4, -0.2) is 32.3 Å². The van der Waals surface area contributed by atoms with Gasteiger partial charge in [-0.05, 0) is 24.3 Å². The Balaban J connectivity index is 2.12. The lowest BCUT2D eigenvalue weighted by atomic mass is 10.3. The van der Waals surface area contributed by atoms with Gasteiger partial charge in [0.05, 0.1) is 18.1 Å². The third kappa shape index (κ3) is 4.85. The number of hydrogen-bond donors (Lipinski definition) is 0. The number of rotatable bonds is 7. The van der Waals surface area contributed by atoms with Crippen LogP contribution in [0.2, 0.25) is 0 Å². The molecular formula is C24H25N2O2P. The second kappa shape index (κ2) is 9.40. The number of methoxy groups -OCH3 is 1. The van der Waals surface area contributed by atoms with Crippen LogP contribution in [0.25, 0.3) is 0 Å². The average Bonchev–Trinajstić information content (AvgIpc) is 2.77. The molecule has 29 heavy (non-hydrogen) atoms. The summed E-state index contributed by atoms with van der Waals surface area (Å²) in [5.41, 5.74) is 0.767. The minimum Gasteiger partial charge on any atom is -0.497 e. The van der Waals surface area contributed by atoms with E-state index < -0.39 is 7.14 Å². The molecule has 0 spiro atoms. The highest BCUT2D eigenvalue weighted by atomic mass is 31.2. The first-order valence-corrected chi connectivity index (χ1v) is 11.0. The second-order valence-electron chi connectivity index (χ2n) is 6.75. The maximum atomic E-state index is 14.6. The van der Waals surface area contributed by atoms with Gasteiger partial charge in [-0.2, -0.15) is 0 Å². The first-order valence-electron chi connectivity index (χ1n) is 9.32. The molecule has 3 rings (SSSR count). The predicted octanol–water partition coefficient (Wildman–Crippen LogP) is 4.81. The zero-order chi connectivity index (χ0) is 20.7. The van der Waals surface area contributed by atoms with Gasteiger partial charge in [-0.15, -0.1) is 0 Å². The molecule has 0 bridgehead atoms. The van der Waals surface area contributed by atoms with E-state index in [2.05, 4.69) is 4.99 Å². The van der Waals surface area contributed by atoms with E-state index in [-0.39, 0.29) is 0 Å². The van der Waals surface area contributed by atoms with Gasteiger partial charge in [-0.1, -0.05) is 60.7 Å². The van der Waals surface area contributed by atoms with Crippen LogP contribution in [0.1, 0.15) is 0 Å². The molecular weight excluding hydrogens is 379 g/mol. The van der Waals surface area contributed by atoms with Crippen molar-refractivity contribution in [3.05, 3.63) is 96.4 Å². The second-order valence-corrected chi connectivity index (χ2v) is 9.52. The maximum Gasteiger partial charge on any atom is 0.173 e. The summed E-state index contributed by atoms with van der Waals surface area (Å²) in [5, 5.41) is 2.22. The van der Waals surface area contributed by atoms with Crippen molar-refractivity contribution >= 4 is 29.7 Å². The summed E-state index contributed by atoms with van der Waals surface area (Å²) in [5.74, 6) is 0.771. The normalized spacial score (nSPS) is 12.2. The van der Waals surface area contributed by atoms with Crippen LogP contribution in [0.15, 0.2) is 101 Å². The molecule has 0 radical (unpaired) electrons. The Labute approximate surface area is 172 Å². The van der Waals surface area contributed by atoms with E-state index in [9.17, 15) is 4.57 Å². The summed E-state index contributed by atoms with van der Waals surface area (Å²) in [6, 6.07) is 26.6.